The van der Waals surface area contributed by atoms with Crippen molar-refractivity contribution in [2.75, 3.05) is 0 Å². The third kappa shape index (κ3) is 9.69. The molecule has 11 rings (SSSR count). The molecule has 0 N–H and O–H groups in total. The van der Waals surface area contributed by atoms with Gasteiger partial charge in [0.15, 0.2) is 0 Å². The number of imidazole rings is 1. The van der Waals surface area contributed by atoms with Crippen LogP contribution in [0.15, 0.2) is 126 Å². The number of benzene rings is 7. The smallest absolute Gasteiger partial charge is 0.264 e. The van der Waals surface area contributed by atoms with Crippen LogP contribution in [0, 0.1) is 0 Å². The van der Waals surface area contributed by atoms with Crippen molar-refractivity contribution in [1.29, 1.82) is 0 Å². The van der Waals surface area contributed by atoms with Crippen molar-refractivity contribution >= 4 is 61.6 Å². The topological polar surface area (TPSA) is 68.5 Å². The number of rotatable bonds is 2. The molecule has 2 heterocycles. The van der Waals surface area contributed by atoms with E-state index in [4.69, 9.17) is 4.98 Å². The summed E-state index contributed by atoms with van der Waals surface area (Å²) in [5.74, 6) is 0. The van der Waals surface area contributed by atoms with Gasteiger partial charge in [-0.25, -0.2) is 4.98 Å². The number of aromatic nitrogens is 2. The predicted octanol–water partition coefficient (Wildman–Crippen LogP) is 11.6. The van der Waals surface area contributed by atoms with E-state index < -0.39 is 0 Å². The van der Waals surface area contributed by atoms with Crippen LogP contribution in [0.1, 0.15) is 74.9 Å². The Bertz CT molecular complexity index is 2970. The molecule has 10 heteroatoms. The summed E-state index contributed by atoms with van der Waals surface area (Å²) in [6.45, 7) is 12.0. The summed E-state index contributed by atoms with van der Waals surface area (Å²) < 4.78 is 1.77. The molecule has 2 aromatic heterocycles. The molecule has 0 amide bonds. The average molecular weight is 1160 g/mol. The van der Waals surface area contributed by atoms with Gasteiger partial charge in [0.25, 0.3) is 5.56 Å². The van der Waals surface area contributed by atoms with E-state index in [1.165, 1.54) is 33.2 Å². The van der Waals surface area contributed by atoms with Crippen LogP contribution >= 0.6 is 0 Å². The minimum atomic E-state index is 0. The minimum absolute atomic E-state index is 0. The van der Waals surface area contributed by atoms with Crippen molar-refractivity contribution in [3.8, 4) is 22.3 Å². The van der Waals surface area contributed by atoms with Crippen molar-refractivity contribution in [3.63, 3.8) is 0 Å². The fourth-order valence-corrected chi connectivity index (χ4v) is 8.23. The predicted molar refractivity (Wildman–Crippen MR) is 229 cm³/mol. The standard InChI is InChI=1S/C25H14N2O.C19H10O2.3C2H6.5Y/c28-25-19-10-9-15-13-14-5-1-2-6-16(14)17-11-12-18(23(19)22(15)17)24-26-20-7-3-4-8-21(20)27(24)25;20-10-14-6-5-13-9-12-3-1-2-4-16(12)17-8-7-15(11-21)18(14)19(13)17;3*1-2;;;;;/h1-12H,13H2;1-8H,9H2;3*1-2H3;;;;;/q;-2;;;;;;;;. The number of carbonyl (C=O) groups excluding carboxylic acids is 2. The molecule has 5 nitrogen and oxygen atoms in total. The summed E-state index contributed by atoms with van der Waals surface area (Å²) in [4.78, 5) is 40.7. The summed E-state index contributed by atoms with van der Waals surface area (Å²) >= 11 is 0. The van der Waals surface area contributed by atoms with Gasteiger partial charge >= 0.3 is 0 Å². The van der Waals surface area contributed by atoms with E-state index in [-0.39, 0.29) is 169 Å². The molecule has 2 aliphatic carbocycles. The maximum atomic E-state index is 13.5. The number of hydrogen-bond acceptors (Lipinski definition) is 4. The van der Waals surface area contributed by atoms with Crippen molar-refractivity contribution in [3.05, 3.63) is 165 Å². The maximum absolute atomic E-state index is 13.5. The first kappa shape index (κ1) is 55.2. The Hall–Kier alpha value is -0.941. The molecule has 9 aromatic rings. The summed E-state index contributed by atoms with van der Waals surface area (Å²) in [6.07, 6.45) is 5.59. The van der Waals surface area contributed by atoms with E-state index in [1.807, 2.05) is 109 Å². The normalized spacial score (nSPS) is 10.6. The van der Waals surface area contributed by atoms with Gasteiger partial charge in [0, 0.05) is 180 Å². The third-order valence-corrected chi connectivity index (χ3v) is 10.3. The zero-order valence-electron chi connectivity index (χ0n) is 35.0. The van der Waals surface area contributed by atoms with E-state index >= 15 is 0 Å². The molecule has 5 radical (unpaired) electrons. The molecule has 0 spiro atoms. The van der Waals surface area contributed by atoms with Crippen molar-refractivity contribution in [1.82, 2.24) is 9.38 Å². The van der Waals surface area contributed by atoms with Gasteiger partial charge in [-0.2, -0.15) is 12.1 Å². The van der Waals surface area contributed by atoms with Crippen LogP contribution in [0.2, 0.25) is 0 Å². The van der Waals surface area contributed by atoms with Gasteiger partial charge in [0.2, 0.25) is 0 Å². The molecule has 2 aliphatic rings. The number of pyridine rings is 1. The SMILES string of the molecule is CC.CC.CC.O=[C-]c1ccc2c3c(ccc([C-]=O)c13)-c1ccccc1C2.O=c1c2ccc3c4c(ccc(c42)c2nc4ccccc4n12)-c1ccccc1C3.[Y].[Y].[Y].[Y].[Y]. The van der Waals surface area contributed by atoms with Gasteiger partial charge in [-0.15, -0.1) is 28.6 Å². The van der Waals surface area contributed by atoms with Crippen molar-refractivity contribution < 1.29 is 173 Å². The maximum Gasteiger partial charge on any atom is 0.264 e. The molecule has 0 saturated carbocycles. The number of para-hydroxylation sites is 2. The molecular formula is C50H42N2O3Y5-2. The van der Waals surface area contributed by atoms with Crippen LogP contribution in [0.25, 0.3) is 71.3 Å². The van der Waals surface area contributed by atoms with E-state index in [9.17, 15) is 14.4 Å². The monoisotopic (exact) mass is 1160 g/mol. The Morgan fingerprint density at radius 3 is 1.47 bits per heavy atom. The van der Waals surface area contributed by atoms with Gasteiger partial charge in [-0.1, -0.05) is 125 Å². The molecule has 0 saturated heterocycles. The van der Waals surface area contributed by atoms with E-state index in [2.05, 4.69) is 54.6 Å². The third-order valence-electron chi connectivity index (χ3n) is 10.3. The molecule has 0 aliphatic heterocycles. The molecule has 0 unspecified atom stereocenters. The van der Waals surface area contributed by atoms with Gasteiger partial charge in [-0.05, 0) is 81.4 Å². The molecular weight excluding hydrogens is 1120 g/mol. The van der Waals surface area contributed by atoms with Crippen LogP contribution in [0.3, 0.4) is 0 Å². The number of fused-ring (bicyclic) bond motifs is 8. The molecule has 0 fully saturated rings. The fraction of sp³-hybridized carbons (Fsp3) is 0.160. The van der Waals surface area contributed by atoms with Crippen molar-refractivity contribution in [2.45, 2.75) is 54.4 Å². The first-order valence-electron chi connectivity index (χ1n) is 19.3. The Balaban J connectivity index is 0.000000352. The second-order valence-corrected chi connectivity index (χ2v) is 12.8. The van der Waals surface area contributed by atoms with Crippen LogP contribution in [0.5, 0.6) is 0 Å². The first-order valence-corrected chi connectivity index (χ1v) is 19.3. The minimum Gasteiger partial charge on any atom is -0.376 e. The van der Waals surface area contributed by atoms with E-state index in [0.717, 1.165) is 67.8 Å². The first-order chi connectivity index (χ1) is 27.1. The van der Waals surface area contributed by atoms with Gasteiger partial charge in [0.05, 0.1) is 23.6 Å². The second-order valence-electron chi connectivity index (χ2n) is 12.8. The Morgan fingerprint density at radius 1 is 0.450 bits per heavy atom. The quantitative estimate of drug-likeness (QED) is 0.162. The Morgan fingerprint density at radius 2 is 0.900 bits per heavy atom. The summed E-state index contributed by atoms with van der Waals surface area (Å²) in [6, 6.07) is 40.5. The van der Waals surface area contributed by atoms with E-state index in [1.54, 1.807) is 16.5 Å². The number of hydrogen-bond donors (Lipinski definition) is 0. The Kier molecular flexibility index (Phi) is 22.9. The van der Waals surface area contributed by atoms with Gasteiger partial charge in [0.1, 0.15) is 5.65 Å². The summed E-state index contributed by atoms with van der Waals surface area (Å²) in [7, 11) is 0. The molecule has 287 valence electrons. The van der Waals surface area contributed by atoms with E-state index in [0.29, 0.717) is 16.5 Å². The summed E-state index contributed by atoms with van der Waals surface area (Å²) in [5, 5.41) is 5.73. The average Bonchev–Trinajstić information content (AvgIpc) is 3.66. The van der Waals surface area contributed by atoms with Gasteiger partial charge in [-0.3, -0.25) is 9.20 Å². The molecule has 7 aromatic carbocycles. The summed E-state index contributed by atoms with van der Waals surface area (Å²) in [5.41, 5.74) is 13.1. The Labute approximate surface area is 478 Å². The van der Waals surface area contributed by atoms with Gasteiger partial charge < -0.3 is 9.59 Å². The molecule has 0 atom stereocenters. The second kappa shape index (κ2) is 24.9. The van der Waals surface area contributed by atoms with Crippen LogP contribution in [-0.2, 0) is 186 Å². The van der Waals surface area contributed by atoms with Crippen LogP contribution in [0.4, 0.5) is 0 Å². The van der Waals surface area contributed by atoms with Crippen molar-refractivity contribution in [2.24, 2.45) is 0 Å². The molecule has 60 heavy (non-hydrogen) atoms. The fourth-order valence-electron chi connectivity index (χ4n) is 8.23. The zero-order valence-corrected chi connectivity index (χ0v) is 49.2. The number of nitrogens with zero attached hydrogens (tertiary/aromatic N) is 2. The van der Waals surface area contributed by atoms with Crippen LogP contribution < -0.4 is 5.56 Å². The molecule has 0 bridgehead atoms. The zero-order chi connectivity index (χ0) is 38.8. The van der Waals surface area contributed by atoms with Crippen LogP contribution in [-0.4, -0.2) is 22.0 Å². The largest absolute Gasteiger partial charge is 0.376 e.